The number of carboxylic acid groups (broad SMARTS) is 1. The number of carboxylic acids is 1. The molecule has 3 aromatic rings. The van der Waals surface area contributed by atoms with Crippen LogP contribution < -0.4 is 14.9 Å². The molecular weight excluding hydrogens is 563 g/mol. The van der Waals surface area contributed by atoms with Gasteiger partial charge in [-0.3, -0.25) is 24.3 Å². The largest absolute Gasteiger partial charge is 0.481 e. The van der Waals surface area contributed by atoms with Gasteiger partial charge < -0.3 is 15.2 Å². The molecule has 39 heavy (non-hydrogen) atoms. The van der Waals surface area contributed by atoms with Crippen molar-refractivity contribution in [3.05, 3.63) is 94.0 Å². The van der Waals surface area contributed by atoms with Gasteiger partial charge in [-0.1, -0.05) is 77.8 Å². The van der Waals surface area contributed by atoms with Gasteiger partial charge in [0.1, 0.15) is 12.8 Å². The highest BCUT2D eigenvalue weighted by Gasteiger charge is 2.34. The molecule has 0 spiro atoms. The number of aldehydes is 1. The third-order valence-corrected chi connectivity index (χ3v) is 7.49. The minimum Gasteiger partial charge on any atom is -0.481 e. The zero-order valence-corrected chi connectivity index (χ0v) is 22.5. The lowest BCUT2D eigenvalue weighted by Crippen LogP contribution is -2.49. The molecule has 3 aromatic carbocycles. The summed E-state index contributed by atoms with van der Waals surface area (Å²) in [4.78, 5) is 55.6. The summed E-state index contributed by atoms with van der Waals surface area (Å²) in [7, 11) is 0. The van der Waals surface area contributed by atoms with Gasteiger partial charge in [-0.25, -0.2) is 4.72 Å². The molecule has 1 heterocycles. The second-order valence-corrected chi connectivity index (χ2v) is 10.0. The van der Waals surface area contributed by atoms with E-state index in [0.29, 0.717) is 38.2 Å². The molecule has 0 aliphatic carbocycles. The van der Waals surface area contributed by atoms with E-state index in [1.807, 2.05) is 30.3 Å². The van der Waals surface area contributed by atoms with E-state index in [9.17, 15) is 19.2 Å². The van der Waals surface area contributed by atoms with E-state index >= 15 is 0 Å². The first-order valence-corrected chi connectivity index (χ1v) is 13.2. The molecule has 0 fully saturated rings. The average molecular weight is 585 g/mol. The summed E-state index contributed by atoms with van der Waals surface area (Å²) in [5.41, 5.74) is 2.29. The van der Waals surface area contributed by atoms with Crippen molar-refractivity contribution in [2.45, 2.75) is 23.5 Å². The smallest absolute Gasteiger partial charge is 0.305 e. The number of benzodiazepines with no additional fused rings is 1. The molecule has 12 heteroatoms. The first-order valence-electron chi connectivity index (χ1n) is 11.6. The fraction of sp³-hybridized carbons (Fsp3) is 0.148. The Balaban J connectivity index is 1.72. The molecule has 0 aromatic heterocycles. The predicted molar refractivity (Wildman–Crippen MR) is 150 cm³/mol. The maximum Gasteiger partial charge on any atom is 0.305 e. The summed E-state index contributed by atoms with van der Waals surface area (Å²) in [6.07, 6.45) is -1.41. The highest BCUT2D eigenvalue weighted by molar-refractivity contribution is 7.97. The Bertz CT molecular complexity index is 1420. The summed E-state index contributed by atoms with van der Waals surface area (Å²) in [5, 5.41) is 12.1. The molecule has 200 valence electrons. The Morgan fingerprint density at radius 2 is 1.69 bits per heavy atom. The monoisotopic (exact) mass is 584 g/mol. The highest BCUT2D eigenvalue weighted by atomic mass is 35.5. The van der Waals surface area contributed by atoms with Crippen molar-refractivity contribution in [2.24, 2.45) is 4.99 Å². The first kappa shape index (κ1) is 28.3. The molecule has 9 nitrogen and oxygen atoms in total. The van der Waals surface area contributed by atoms with Gasteiger partial charge in [-0.2, -0.15) is 0 Å². The number of anilines is 1. The fourth-order valence-corrected chi connectivity index (χ4v) is 5.25. The minimum absolute atomic E-state index is 0.342. The van der Waals surface area contributed by atoms with Crippen LogP contribution in [-0.4, -0.2) is 53.6 Å². The Morgan fingerprint density at radius 3 is 2.36 bits per heavy atom. The third kappa shape index (κ3) is 6.85. The number of benzene rings is 3. The Morgan fingerprint density at radius 1 is 1.03 bits per heavy atom. The van der Waals surface area contributed by atoms with E-state index in [-0.39, 0.29) is 0 Å². The summed E-state index contributed by atoms with van der Waals surface area (Å²) >= 11 is 13.6. The molecule has 2 amide bonds. The average Bonchev–Trinajstić information content (AvgIpc) is 3.03. The normalized spacial score (nSPS) is 15.5. The van der Waals surface area contributed by atoms with Crippen molar-refractivity contribution >= 4 is 70.6 Å². The lowest BCUT2D eigenvalue weighted by atomic mass is 10.0. The number of aliphatic carboxylic acids is 1. The van der Waals surface area contributed by atoms with Gasteiger partial charge in [0.2, 0.25) is 5.91 Å². The van der Waals surface area contributed by atoms with E-state index in [4.69, 9.17) is 33.3 Å². The molecular formula is C27H22Cl2N4O5S. The summed E-state index contributed by atoms with van der Waals surface area (Å²) in [6.45, 7) is -0.479. The number of carbonyl (C=O) groups is 4. The van der Waals surface area contributed by atoms with E-state index in [1.165, 1.54) is 4.90 Å². The number of amides is 2. The van der Waals surface area contributed by atoms with Crippen LogP contribution in [0.5, 0.6) is 0 Å². The molecule has 2 atom stereocenters. The number of nitrogens with zero attached hydrogens (tertiary/aromatic N) is 2. The van der Waals surface area contributed by atoms with E-state index < -0.39 is 43.0 Å². The van der Waals surface area contributed by atoms with E-state index in [0.717, 1.165) is 17.5 Å². The van der Waals surface area contributed by atoms with Crippen molar-refractivity contribution in [3.63, 3.8) is 0 Å². The molecule has 0 bridgehead atoms. The number of nitrogens with one attached hydrogen (secondary N) is 2. The third-order valence-electron chi connectivity index (χ3n) is 5.65. The Hall–Kier alpha value is -3.70. The highest BCUT2D eigenvalue weighted by Crippen LogP contribution is 2.34. The number of hydrogen-bond acceptors (Lipinski definition) is 7. The number of aliphatic imine (C=N–C) groups is 1. The van der Waals surface area contributed by atoms with Crippen molar-refractivity contribution in [1.29, 1.82) is 0 Å². The second-order valence-electron chi connectivity index (χ2n) is 8.37. The van der Waals surface area contributed by atoms with Crippen LogP contribution in [0.3, 0.4) is 0 Å². The molecule has 2 unspecified atom stereocenters. The summed E-state index contributed by atoms with van der Waals surface area (Å²) in [5.74, 6) is -2.51. The number of fused-ring (bicyclic) bond motifs is 1. The number of hydrogen-bond donors (Lipinski definition) is 3. The zero-order chi connectivity index (χ0) is 27.9. The van der Waals surface area contributed by atoms with Crippen LogP contribution in [-0.2, 0) is 19.2 Å². The van der Waals surface area contributed by atoms with Gasteiger partial charge in [0, 0.05) is 11.1 Å². The van der Waals surface area contributed by atoms with Gasteiger partial charge >= 0.3 is 5.97 Å². The number of rotatable bonds is 10. The Labute approximate surface area is 238 Å². The van der Waals surface area contributed by atoms with Gasteiger partial charge in [-0.15, -0.1) is 0 Å². The zero-order valence-electron chi connectivity index (χ0n) is 20.2. The van der Waals surface area contributed by atoms with Crippen LogP contribution in [0.15, 0.2) is 82.7 Å². The Kier molecular flexibility index (Phi) is 9.36. The van der Waals surface area contributed by atoms with Gasteiger partial charge in [-0.05, 0) is 30.1 Å². The van der Waals surface area contributed by atoms with Crippen molar-refractivity contribution in [1.82, 2.24) is 10.0 Å². The summed E-state index contributed by atoms with van der Waals surface area (Å²) < 4.78 is 3.03. The maximum absolute atomic E-state index is 13.9. The minimum atomic E-state index is -1.25. The molecule has 0 radical (unpaired) electrons. The van der Waals surface area contributed by atoms with E-state index in [1.54, 1.807) is 42.5 Å². The topological polar surface area (TPSA) is 128 Å². The second kappa shape index (κ2) is 12.9. The van der Waals surface area contributed by atoms with Crippen LogP contribution in [0.4, 0.5) is 5.69 Å². The molecule has 1 aliphatic heterocycles. The molecule has 3 N–H and O–H groups in total. The van der Waals surface area contributed by atoms with Crippen molar-refractivity contribution < 1.29 is 24.3 Å². The van der Waals surface area contributed by atoms with Gasteiger partial charge in [0.05, 0.1) is 38.8 Å². The lowest BCUT2D eigenvalue weighted by molar-refractivity contribution is -0.138. The van der Waals surface area contributed by atoms with Gasteiger partial charge in [0.15, 0.2) is 6.17 Å². The lowest BCUT2D eigenvalue weighted by Gasteiger charge is -2.25. The SMILES string of the molecule is O=CC(CC(=O)O)NC(=O)CN1C(=O)C(NSc2c(Cl)cccc2Cl)N=C(c2ccccc2)c2ccccc21. The van der Waals surface area contributed by atoms with Crippen LogP contribution in [0, 0.1) is 0 Å². The standard InChI is InChI=1S/C27H22Cl2N4O5S/c28-19-10-6-11-20(29)25(19)39-32-26-27(38)33(14-22(35)30-17(15-34)13-23(36)37)21-12-5-4-9-18(21)24(31-26)16-7-2-1-3-8-16/h1-12,15,17,26,32H,13-14H2,(H,30,35)(H,36,37). The molecule has 0 saturated carbocycles. The van der Waals surface area contributed by atoms with E-state index in [2.05, 4.69) is 10.0 Å². The number of halogens is 2. The summed E-state index contributed by atoms with van der Waals surface area (Å²) in [6, 6.07) is 20.1. The van der Waals surface area contributed by atoms with Crippen molar-refractivity contribution in [3.8, 4) is 0 Å². The molecule has 0 saturated heterocycles. The quantitative estimate of drug-likeness (QED) is 0.243. The number of para-hydroxylation sites is 1. The molecule has 4 rings (SSSR count). The van der Waals surface area contributed by atoms with Crippen LogP contribution in [0.1, 0.15) is 17.5 Å². The van der Waals surface area contributed by atoms with Crippen LogP contribution >= 0.6 is 35.1 Å². The fourth-order valence-electron chi connectivity index (χ4n) is 3.91. The number of carbonyl (C=O) groups excluding carboxylic acids is 3. The predicted octanol–water partition coefficient (Wildman–Crippen LogP) is 3.96. The molecule has 1 aliphatic rings. The van der Waals surface area contributed by atoms with Gasteiger partial charge in [0.25, 0.3) is 5.91 Å². The van der Waals surface area contributed by atoms with Crippen LogP contribution in [0.25, 0.3) is 0 Å². The maximum atomic E-state index is 13.9. The first-order chi connectivity index (χ1) is 18.8. The van der Waals surface area contributed by atoms with Crippen molar-refractivity contribution in [2.75, 3.05) is 11.4 Å². The van der Waals surface area contributed by atoms with Crippen LogP contribution in [0.2, 0.25) is 10.0 Å².